The van der Waals surface area contributed by atoms with Crippen LogP contribution in [0.3, 0.4) is 0 Å². The number of nitrogens with zero attached hydrogens (tertiary/aromatic N) is 2. The molecule has 2 aromatic carbocycles. The van der Waals surface area contributed by atoms with Crippen molar-refractivity contribution in [1.29, 1.82) is 0 Å². The van der Waals surface area contributed by atoms with Crippen LogP contribution in [0.25, 0.3) is 11.3 Å². The van der Waals surface area contributed by atoms with E-state index >= 15 is 0 Å². The number of hydrogen-bond acceptors (Lipinski definition) is 4. The van der Waals surface area contributed by atoms with Gasteiger partial charge in [0.05, 0.1) is 6.54 Å². The highest BCUT2D eigenvalue weighted by atomic mass is 19.1. The highest BCUT2D eigenvalue weighted by Crippen LogP contribution is 2.30. The Morgan fingerprint density at radius 2 is 2.00 bits per heavy atom. The largest absolute Gasteiger partial charge is 0.483 e. The molecule has 0 atom stereocenters. The molecule has 0 saturated heterocycles. The Balaban J connectivity index is 1.43. The first-order valence-corrected chi connectivity index (χ1v) is 9.37. The second-order valence-corrected chi connectivity index (χ2v) is 6.76. The van der Waals surface area contributed by atoms with Crippen molar-refractivity contribution in [2.75, 3.05) is 13.2 Å². The molecule has 0 bridgehead atoms. The van der Waals surface area contributed by atoms with Crippen LogP contribution in [0.2, 0.25) is 0 Å². The molecule has 0 N–H and O–H groups in total. The van der Waals surface area contributed by atoms with Crippen LogP contribution >= 0.6 is 0 Å². The molecule has 1 amide bonds. The van der Waals surface area contributed by atoms with Gasteiger partial charge in [0.25, 0.3) is 5.91 Å². The summed E-state index contributed by atoms with van der Waals surface area (Å²) >= 11 is 0. The highest BCUT2D eigenvalue weighted by molar-refractivity contribution is 5.78. The summed E-state index contributed by atoms with van der Waals surface area (Å²) < 4.78 is 24.4. The second kappa shape index (κ2) is 7.84. The van der Waals surface area contributed by atoms with E-state index in [-0.39, 0.29) is 18.3 Å². The van der Waals surface area contributed by atoms with Crippen molar-refractivity contribution < 1.29 is 18.4 Å². The van der Waals surface area contributed by atoms with Crippen molar-refractivity contribution >= 4 is 5.91 Å². The van der Waals surface area contributed by atoms with Crippen molar-refractivity contribution in [2.24, 2.45) is 0 Å². The lowest BCUT2D eigenvalue weighted by atomic mass is 10.0. The van der Waals surface area contributed by atoms with Crippen LogP contribution < -0.4 is 4.74 Å². The number of rotatable bonds is 5. The minimum atomic E-state index is -0.293. The fourth-order valence-electron chi connectivity index (χ4n) is 3.44. The third kappa shape index (κ3) is 3.63. The van der Waals surface area contributed by atoms with E-state index in [1.54, 1.807) is 17.0 Å². The molecule has 2 heterocycles. The summed E-state index contributed by atoms with van der Waals surface area (Å²) in [6, 6.07) is 13.9. The van der Waals surface area contributed by atoms with Crippen molar-refractivity contribution in [2.45, 2.75) is 26.3 Å². The molecule has 0 spiro atoms. The number of halogens is 1. The first-order chi connectivity index (χ1) is 13.7. The zero-order valence-corrected chi connectivity index (χ0v) is 15.7. The summed E-state index contributed by atoms with van der Waals surface area (Å²) in [4.78, 5) is 14.3. The molecule has 144 valence electrons. The quantitative estimate of drug-likeness (QED) is 0.671. The zero-order chi connectivity index (χ0) is 19.5. The Kier molecular flexibility index (Phi) is 5.10. The molecule has 4 rings (SSSR count). The lowest BCUT2D eigenvalue weighted by Crippen LogP contribution is -2.38. The first kappa shape index (κ1) is 18.2. The smallest absolute Gasteiger partial charge is 0.260 e. The minimum Gasteiger partial charge on any atom is -0.483 e. The van der Waals surface area contributed by atoms with E-state index in [1.807, 2.05) is 24.3 Å². The monoisotopic (exact) mass is 380 g/mol. The molecule has 0 radical (unpaired) electrons. The third-order valence-electron chi connectivity index (χ3n) is 5.01. The Hall–Kier alpha value is -3.15. The number of ether oxygens (including phenoxy) is 1. The summed E-state index contributed by atoms with van der Waals surface area (Å²) in [5, 5.41) is 4.13. The fourth-order valence-corrected chi connectivity index (χ4v) is 3.44. The Morgan fingerprint density at radius 3 is 2.79 bits per heavy atom. The molecule has 28 heavy (non-hydrogen) atoms. The second-order valence-electron chi connectivity index (χ2n) is 6.76. The average molecular weight is 380 g/mol. The molecule has 0 aliphatic carbocycles. The summed E-state index contributed by atoms with van der Waals surface area (Å²) in [6.07, 6.45) is 1.49. The van der Waals surface area contributed by atoms with Gasteiger partial charge in [-0.15, -0.1) is 0 Å². The molecular formula is C22H21FN2O3. The first-order valence-electron chi connectivity index (χ1n) is 9.37. The number of aryl methyl sites for hydroxylation is 1. The predicted molar refractivity (Wildman–Crippen MR) is 102 cm³/mol. The van der Waals surface area contributed by atoms with E-state index in [0.717, 1.165) is 34.6 Å². The van der Waals surface area contributed by atoms with Crippen LogP contribution in [0.15, 0.2) is 53.1 Å². The van der Waals surface area contributed by atoms with Crippen LogP contribution in [-0.2, 0) is 24.2 Å². The Morgan fingerprint density at radius 1 is 1.21 bits per heavy atom. The third-order valence-corrected chi connectivity index (χ3v) is 5.01. The molecule has 1 aliphatic rings. The highest BCUT2D eigenvalue weighted by Gasteiger charge is 2.27. The number of hydrogen-bond donors (Lipinski definition) is 0. The summed E-state index contributed by atoms with van der Waals surface area (Å²) in [7, 11) is 0. The van der Waals surface area contributed by atoms with Gasteiger partial charge in [-0.05, 0) is 48.7 Å². The number of para-hydroxylation sites is 1. The number of aromatic nitrogens is 1. The van der Waals surface area contributed by atoms with Crippen LogP contribution in [0, 0.1) is 5.82 Å². The summed E-state index contributed by atoms with van der Waals surface area (Å²) in [5.74, 6) is 1.02. The van der Waals surface area contributed by atoms with Gasteiger partial charge in [-0.2, -0.15) is 0 Å². The minimum absolute atomic E-state index is 0.00494. The van der Waals surface area contributed by atoms with Gasteiger partial charge in [0.2, 0.25) is 0 Å². The van der Waals surface area contributed by atoms with Gasteiger partial charge in [-0.3, -0.25) is 4.79 Å². The molecule has 1 aliphatic heterocycles. The maximum atomic E-state index is 13.1. The van der Waals surface area contributed by atoms with Gasteiger partial charge < -0.3 is 14.2 Å². The standard InChI is InChI=1S/C22H21FN2O3/c1-2-15-5-3-4-6-20(15)27-14-21(26)25-12-11-18-19(13-25)24-28-22(18)16-7-9-17(23)10-8-16/h3-10H,2,11-14H2,1H3. The van der Waals surface area contributed by atoms with Crippen molar-refractivity contribution in [3.63, 3.8) is 0 Å². The van der Waals surface area contributed by atoms with Gasteiger partial charge >= 0.3 is 0 Å². The molecule has 0 unspecified atom stereocenters. The molecule has 6 heteroatoms. The SMILES string of the molecule is CCc1ccccc1OCC(=O)N1CCc2c(noc2-c2ccc(F)cc2)C1. The van der Waals surface area contributed by atoms with Crippen LogP contribution in [0.1, 0.15) is 23.7 Å². The van der Waals surface area contributed by atoms with Crippen LogP contribution in [0.5, 0.6) is 5.75 Å². The van der Waals surface area contributed by atoms with E-state index in [4.69, 9.17) is 9.26 Å². The van der Waals surface area contributed by atoms with E-state index in [0.29, 0.717) is 25.3 Å². The van der Waals surface area contributed by atoms with Gasteiger partial charge in [0.15, 0.2) is 12.4 Å². The normalized spacial score (nSPS) is 13.3. The maximum Gasteiger partial charge on any atom is 0.260 e. The van der Waals surface area contributed by atoms with Crippen molar-refractivity contribution in [3.05, 3.63) is 71.2 Å². The topological polar surface area (TPSA) is 55.6 Å². The van der Waals surface area contributed by atoms with Gasteiger partial charge in [0.1, 0.15) is 17.3 Å². The number of carbonyl (C=O) groups excluding carboxylic acids is 1. The molecule has 0 fully saturated rings. The molecule has 0 saturated carbocycles. The number of carbonyl (C=O) groups is 1. The van der Waals surface area contributed by atoms with Crippen molar-refractivity contribution in [3.8, 4) is 17.1 Å². The lowest BCUT2D eigenvalue weighted by Gasteiger charge is -2.26. The fraction of sp³-hybridized carbons (Fsp3) is 0.273. The van der Waals surface area contributed by atoms with Crippen LogP contribution in [0.4, 0.5) is 4.39 Å². The Labute approximate surface area is 162 Å². The molecule has 1 aromatic heterocycles. The average Bonchev–Trinajstić information content (AvgIpc) is 3.16. The summed E-state index contributed by atoms with van der Waals surface area (Å²) in [5.41, 5.74) is 3.59. The predicted octanol–water partition coefficient (Wildman–Crippen LogP) is 4.01. The van der Waals surface area contributed by atoms with E-state index < -0.39 is 0 Å². The van der Waals surface area contributed by atoms with Crippen LogP contribution in [-0.4, -0.2) is 29.1 Å². The molecule has 5 nitrogen and oxygen atoms in total. The molecule has 3 aromatic rings. The number of fused-ring (bicyclic) bond motifs is 1. The summed E-state index contributed by atoms with van der Waals surface area (Å²) in [6.45, 7) is 3.01. The van der Waals surface area contributed by atoms with E-state index in [2.05, 4.69) is 12.1 Å². The van der Waals surface area contributed by atoms with Gasteiger partial charge in [-0.1, -0.05) is 30.3 Å². The maximum absolute atomic E-state index is 13.1. The number of benzene rings is 2. The van der Waals surface area contributed by atoms with Gasteiger partial charge in [0, 0.05) is 17.7 Å². The van der Waals surface area contributed by atoms with Gasteiger partial charge in [-0.25, -0.2) is 4.39 Å². The number of amides is 1. The van der Waals surface area contributed by atoms with Crippen molar-refractivity contribution in [1.82, 2.24) is 10.1 Å². The molecular weight excluding hydrogens is 359 g/mol. The van der Waals surface area contributed by atoms with E-state index in [1.165, 1.54) is 12.1 Å². The lowest BCUT2D eigenvalue weighted by molar-refractivity contribution is -0.134. The van der Waals surface area contributed by atoms with E-state index in [9.17, 15) is 9.18 Å². The zero-order valence-electron chi connectivity index (χ0n) is 15.7. The Bertz CT molecular complexity index is 982.